The third kappa shape index (κ3) is 2.32. The van der Waals surface area contributed by atoms with Gasteiger partial charge in [0.25, 0.3) is 0 Å². The van der Waals surface area contributed by atoms with Crippen LogP contribution in [0.15, 0.2) is 30.6 Å². The van der Waals surface area contributed by atoms with Crippen LogP contribution in [0.5, 0.6) is 0 Å². The lowest BCUT2D eigenvalue weighted by Crippen LogP contribution is -2.35. The topological polar surface area (TPSA) is 72.1 Å². The number of halogens is 1. The molecule has 5 nitrogen and oxygen atoms in total. The second kappa shape index (κ2) is 4.88. The molecule has 0 atom stereocenters. The Hall–Kier alpha value is -2.50. The van der Waals surface area contributed by atoms with E-state index in [2.05, 4.69) is 9.97 Å². The number of fused-ring (bicyclic) bond motifs is 1. The predicted octanol–water partition coefficient (Wildman–Crippen LogP) is 1.68. The third-order valence-corrected chi connectivity index (χ3v) is 3.29. The van der Waals surface area contributed by atoms with Crippen molar-refractivity contribution < 1.29 is 9.18 Å². The van der Waals surface area contributed by atoms with E-state index in [1.807, 2.05) is 0 Å². The summed E-state index contributed by atoms with van der Waals surface area (Å²) in [6.07, 6.45) is 4.02. The summed E-state index contributed by atoms with van der Waals surface area (Å²) >= 11 is 0. The zero-order valence-electron chi connectivity index (χ0n) is 10.7. The molecule has 0 saturated heterocycles. The molecule has 0 saturated carbocycles. The number of carbonyl (C=O) groups excluding carboxylic acids is 1. The third-order valence-electron chi connectivity index (χ3n) is 3.29. The Morgan fingerprint density at radius 1 is 1.25 bits per heavy atom. The van der Waals surface area contributed by atoms with Gasteiger partial charge in [0, 0.05) is 6.42 Å². The number of nitrogens with zero attached hydrogens (tertiary/aromatic N) is 3. The van der Waals surface area contributed by atoms with Crippen molar-refractivity contribution in [2.45, 2.75) is 19.4 Å². The van der Waals surface area contributed by atoms with Crippen LogP contribution >= 0.6 is 0 Å². The monoisotopic (exact) mass is 272 g/mol. The van der Waals surface area contributed by atoms with Crippen molar-refractivity contribution >= 4 is 17.4 Å². The summed E-state index contributed by atoms with van der Waals surface area (Å²) in [6.45, 7) is 0.266. The maximum atomic E-state index is 13.4. The highest BCUT2D eigenvalue weighted by Gasteiger charge is 2.25. The van der Waals surface area contributed by atoms with Gasteiger partial charge < -0.3 is 10.6 Å². The molecule has 20 heavy (non-hydrogen) atoms. The number of aromatic nitrogens is 2. The van der Waals surface area contributed by atoms with E-state index >= 15 is 0 Å². The molecule has 0 fully saturated rings. The zero-order chi connectivity index (χ0) is 14.1. The molecule has 1 aromatic heterocycles. The first kappa shape index (κ1) is 12.5. The minimum absolute atomic E-state index is 0.0401. The van der Waals surface area contributed by atoms with Crippen molar-refractivity contribution in [1.29, 1.82) is 0 Å². The zero-order valence-corrected chi connectivity index (χ0v) is 10.7. The second-order valence-corrected chi connectivity index (χ2v) is 4.69. The highest BCUT2D eigenvalue weighted by Crippen LogP contribution is 2.29. The van der Waals surface area contributed by atoms with E-state index in [0.717, 1.165) is 5.56 Å². The van der Waals surface area contributed by atoms with Crippen LogP contribution < -0.4 is 10.6 Å². The van der Waals surface area contributed by atoms with Gasteiger partial charge in [-0.25, -0.2) is 9.37 Å². The van der Waals surface area contributed by atoms with Crippen LogP contribution in [0.3, 0.4) is 0 Å². The summed E-state index contributed by atoms with van der Waals surface area (Å²) in [4.78, 5) is 21.7. The van der Waals surface area contributed by atoms with Gasteiger partial charge in [-0.3, -0.25) is 9.78 Å². The van der Waals surface area contributed by atoms with Crippen LogP contribution in [0.25, 0.3) is 0 Å². The van der Waals surface area contributed by atoms with E-state index in [0.29, 0.717) is 30.0 Å². The van der Waals surface area contributed by atoms with E-state index in [9.17, 15) is 9.18 Å². The molecule has 0 aliphatic carbocycles. The average molecular weight is 272 g/mol. The molecule has 2 aromatic rings. The molecule has 2 heterocycles. The van der Waals surface area contributed by atoms with Crippen LogP contribution in [0.2, 0.25) is 0 Å². The van der Waals surface area contributed by atoms with Gasteiger partial charge in [0.1, 0.15) is 11.6 Å². The number of hydrogen-bond acceptors (Lipinski definition) is 4. The van der Waals surface area contributed by atoms with E-state index in [1.165, 1.54) is 24.5 Å². The fourth-order valence-electron chi connectivity index (χ4n) is 2.29. The minimum atomic E-state index is -0.355. The Bertz CT molecular complexity index is 657. The number of hydrogen-bond donors (Lipinski definition) is 1. The summed E-state index contributed by atoms with van der Waals surface area (Å²) in [5.41, 5.74) is 7.67. The first-order valence-electron chi connectivity index (χ1n) is 6.28. The van der Waals surface area contributed by atoms with Crippen LogP contribution in [0, 0.1) is 5.82 Å². The van der Waals surface area contributed by atoms with Crippen LogP contribution in [0.4, 0.5) is 15.9 Å². The van der Waals surface area contributed by atoms with E-state index in [-0.39, 0.29) is 18.3 Å². The number of carbonyl (C=O) groups is 1. The van der Waals surface area contributed by atoms with Crippen molar-refractivity contribution in [3.63, 3.8) is 0 Å². The molecule has 0 unspecified atom stereocenters. The Morgan fingerprint density at radius 2 is 2.10 bits per heavy atom. The van der Waals surface area contributed by atoms with E-state index < -0.39 is 0 Å². The van der Waals surface area contributed by atoms with Crippen LogP contribution in [0.1, 0.15) is 17.7 Å². The normalized spacial score (nSPS) is 14.2. The quantitative estimate of drug-likeness (QED) is 0.902. The number of rotatable bonds is 2. The smallest absolute Gasteiger partial charge is 0.227 e. The number of aryl methyl sites for hydroxylation is 1. The molecule has 1 aliphatic rings. The van der Waals surface area contributed by atoms with Crippen molar-refractivity contribution in [2.24, 2.45) is 0 Å². The molecule has 1 amide bonds. The number of nitrogen functional groups attached to an aromatic ring is 1. The first-order valence-corrected chi connectivity index (χ1v) is 6.28. The highest BCUT2D eigenvalue weighted by atomic mass is 19.1. The lowest BCUT2D eigenvalue weighted by atomic mass is 10.0. The first-order chi connectivity index (χ1) is 9.63. The van der Waals surface area contributed by atoms with Gasteiger partial charge in [-0.2, -0.15) is 0 Å². The van der Waals surface area contributed by atoms with Gasteiger partial charge in [0.15, 0.2) is 0 Å². The van der Waals surface area contributed by atoms with Crippen LogP contribution in [-0.4, -0.2) is 15.9 Å². The van der Waals surface area contributed by atoms with E-state index in [4.69, 9.17) is 5.73 Å². The number of amides is 1. The lowest BCUT2D eigenvalue weighted by Gasteiger charge is -2.29. The maximum Gasteiger partial charge on any atom is 0.227 e. The molecule has 2 N–H and O–H groups in total. The van der Waals surface area contributed by atoms with Gasteiger partial charge in [0.2, 0.25) is 5.91 Å². The molecule has 0 spiro atoms. The standard InChI is InChI=1S/C14H13FN4O/c15-10-3-1-9-2-4-14(20)19(12(9)5-10)8-11-6-18-13(16)7-17-11/h1,3,5-7H,2,4,8H2,(H2,16,18). The summed E-state index contributed by atoms with van der Waals surface area (Å²) in [6, 6.07) is 4.52. The summed E-state index contributed by atoms with van der Waals surface area (Å²) < 4.78 is 13.4. The predicted molar refractivity (Wildman–Crippen MR) is 72.4 cm³/mol. The number of benzene rings is 1. The summed E-state index contributed by atoms with van der Waals surface area (Å²) in [5, 5.41) is 0. The fourth-order valence-corrected chi connectivity index (χ4v) is 2.29. The molecule has 0 bridgehead atoms. The molecule has 0 radical (unpaired) electrons. The Morgan fingerprint density at radius 3 is 2.85 bits per heavy atom. The molecule has 3 rings (SSSR count). The van der Waals surface area contributed by atoms with Gasteiger partial charge in [-0.1, -0.05) is 6.07 Å². The molecule has 1 aromatic carbocycles. The molecule has 1 aliphatic heterocycles. The SMILES string of the molecule is Nc1cnc(CN2C(=O)CCc3ccc(F)cc32)cn1. The van der Waals surface area contributed by atoms with Crippen molar-refractivity contribution in [1.82, 2.24) is 9.97 Å². The Balaban J connectivity index is 1.94. The molecule has 102 valence electrons. The second-order valence-electron chi connectivity index (χ2n) is 4.69. The van der Waals surface area contributed by atoms with Gasteiger partial charge >= 0.3 is 0 Å². The molecular formula is C14H13FN4O. The highest BCUT2D eigenvalue weighted by molar-refractivity contribution is 5.96. The summed E-state index contributed by atoms with van der Waals surface area (Å²) in [5.74, 6) is -0.0706. The Kier molecular flexibility index (Phi) is 3.06. The fraction of sp³-hybridized carbons (Fsp3) is 0.214. The molecule has 6 heteroatoms. The van der Waals surface area contributed by atoms with Crippen molar-refractivity contribution in [2.75, 3.05) is 10.6 Å². The van der Waals surface area contributed by atoms with Gasteiger partial charge in [-0.15, -0.1) is 0 Å². The minimum Gasteiger partial charge on any atom is -0.382 e. The number of anilines is 2. The van der Waals surface area contributed by atoms with Crippen LogP contribution in [-0.2, 0) is 17.8 Å². The number of nitrogens with two attached hydrogens (primary N) is 1. The van der Waals surface area contributed by atoms with Crippen molar-refractivity contribution in [3.8, 4) is 0 Å². The lowest BCUT2D eigenvalue weighted by molar-refractivity contribution is -0.119. The average Bonchev–Trinajstić information content (AvgIpc) is 2.44. The van der Waals surface area contributed by atoms with Gasteiger partial charge in [-0.05, 0) is 24.1 Å². The Labute approximate surface area is 115 Å². The summed E-state index contributed by atoms with van der Waals surface area (Å²) in [7, 11) is 0. The van der Waals surface area contributed by atoms with Crippen molar-refractivity contribution in [3.05, 3.63) is 47.7 Å². The largest absolute Gasteiger partial charge is 0.382 e. The van der Waals surface area contributed by atoms with Gasteiger partial charge in [0.05, 0.1) is 30.3 Å². The molecular weight excluding hydrogens is 259 g/mol. The maximum absolute atomic E-state index is 13.4. The van der Waals surface area contributed by atoms with E-state index in [1.54, 1.807) is 11.0 Å².